The highest BCUT2D eigenvalue weighted by Crippen LogP contribution is 2.23. The first-order valence-electron chi connectivity index (χ1n) is 7.27. The number of unbranched alkanes of at least 4 members (excludes halogenated alkanes) is 2. The number of aromatic nitrogens is 2. The Morgan fingerprint density at radius 1 is 1.15 bits per heavy atom. The second kappa shape index (κ2) is 5.53. The van der Waals surface area contributed by atoms with Crippen LogP contribution in [-0.4, -0.2) is 16.5 Å². The van der Waals surface area contributed by atoms with Gasteiger partial charge in [0.15, 0.2) is 0 Å². The zero-order valence-electron chi connectivity index (χ0n) is 12.1. The molecule has 0 fully saturated rings. The van der Waals surface area contributed by atoms with Gasteiger partial charge in [0.1, 0.15) is 5.75 Å². The number of fused-ring (bicyclic) bond motifs is 3. The number of nitrogens with zero attached hydrogens (tertiary/aromatic N) is 2. The maximum Gasteiger partial charge on any atom is 0.121 e. The fourth-order valence-electron chi connectivity index (χ4n) is 2.68. The van der Waals surface area contributed by atoms with Gasteiger partial charge in [-0.3, -0.25) is 0 Å². The van der Waals surface area contributed by atoms with Gasteiger partial charge in [-0.2, -0.15) is 0 Å². The van der Waals surface area contributed by atoms with Gasteiger partial charge in [-0.1, -0.05) is 19.8 Å². The van der Waals surface area contributed by atoms with Crippen molar-refractivity contribution in [2.24, 2.45) is 0 Å². The lowest BCUT2D eigenvalue weighted by atomic mass is 10.1. The van der Waals surface area contributed by atoms with Gasteiger partial charge in [-0.25, -0.2) is 4.98 Å². The Morgan fingerprint density at radius 3 is 2.85 bits per heavy atom. The smallest absolute Gasteiger partial charge is 0.121 e. The van der Waals surface area contributed by atoms with Crippen molar-refractivity contribution in [1.82, 2.24) is 9.38 Å². The molecule has 0 aliphatic heterocycles. The van der Waals surface area contributed by atoms with E-state index in [1.807, 2.05) is 12.1 Å². The molecule has 0 radical (unpaired) electrons. The molecule has 0 amide bonds. The highest BCUT2D eigenvalue weighted by atomic mass is 16.5. The molecular formula is C17H20N2O. The summed E-state index contributed by atoms with van der Waals surface area (Å²) in [6.07, 6.45) is 6.83. The van der Waals surface area contributed by atoms with Crippen LogP contribution in [0.5, 0.6) is 5.75 Å². The molecule has 0 bridgehead atoms. The Kier molecular flexibility index (Phi) is 3.59. The van der Waals surface area contributed by atoms with Crippen molar-refractivity contribution in [2.45, 2.75) is 32.6 Å². The fourth-order valence-corrected chi connectivity index (χ4v) is 2.68. The second-order valence-electron chi connectivity index (χ2n) is 5.13. The van der Waals surface area contributed by atoms with Crippen LogP contribution >= 0.6 is 0 Å². The Hall–Kier alpha value is -2.03. The molecule has 0 saturated heterocycles. The summed E-state index contributed by atoms with van der Waals surface area (Å²) in [4.78, 5) is 4.86. The molecule has 0 atom stereocenters. The van der Waals surface area contributed by atoms with Crippen LogP contribution in [0.2, 0.25) is 0 Å². The first kappa shape index (κ1) is 13.0. The van der Waals surface area contributed by atoms with E-state index in [1.165, 1.54) is 30.5 Å². The number of methoxy groups -OCH3 is 1. The highest BCUT2D eigenvalue weighted by Gasteiger charge is 2.08. The molecule has 1 aromatic carbocycles. The topological polar surface area (TPSA) is 26.5 Å². The Balaban J connectivity index is 2.13. The maximum atomic E-state index is 5.30. The van der Waals surface area contributed by atoms with E-state index in [0.29, 0.717) is 0 Å². The summed E-state index contributed by atoms with van der Waals surface area (Å²) in [7, 11) is 1.69. The van der Waals surface area contributed by atoms with Crippen molar-refractivity contribution in [2.75, 3.05) is 7.11 Å². The zero-order valence-corrected chi connectivity index (χ0v) is 12.1. The predicted molar refractivity (Wildman–Crippen MR) is 82.5 cm³/mol. The van der Waals surface area contributed by atoms with Crippen molar-refractivity contribution in [3.63, 3.8) is 0 Å². The van der Waals surface area contributed by atoms with Crippen molar-refractivity contribution < 1.29 is 4.74 Å². The minimum Gasteiger partial charge on any atom is -0.497 e. The third-order valence-electron chi connectivity index (χ3n) is 3.76. The lowest BCUT2D eigenvalue weighted by Gasteiger charge is -2.09. The van der Waals surface area contributed by atoms with Gasteiger partial charge in [0.05, 0.1) is 29.4 Å². The summed E-state index contributed by atoms with van der Waals surface area (Å²) in [6.45, 7) is 2.23. The number of hydrogen-bond donors (Lipinski definition) is 0. The quantitative estimate of drug-likeness (QED) is 0.647. The molecule has 0 aliphatic carbocycles. The number of rotatable bonds is 5. The summed E-state index contributed by atoms with van der Waals surface area (Å²) in [5, 5.41) is 0. The van der Waals surface area contributed by atoms with E-state index in [1.54, 1.807) is 7.11 Å². The number of ether oxygens (including phenoxy) is 1. The molecule has 3 rings (SSSR count). The van der Waals surface area contributed by atoms with E-state index in [9.17, 15) is 0 Å². The Bertz CT molecular complexity index is 730. The third-order valence-corrected chi connectivity index (χ3v) is 3.76. The average Bonchev–Trinajstić information content (AvgIpc) is 2.96. The standard InChI is InChI=1S/C17H20N2O/c1-3-4-5-7-14-16-8-6-11-19(16)17-10-9-13(20-2)12-15(17)18-14/h6,8-12H,3-5,7H2,1-2H3. The molecular weight excluding hydrogens is 248 g/mol. The van der Waals surface area contributed by atoms with Crippen LogP contribution in [0, 0.1) is 0 Å². The molecule has 3 aromatic rings. The minimum absolute atomic E-state index is 0.857. The first-order chi connectivity index (χ1) is 9.83. The largest absolute Gasteiger partial charge is 0.497 e. The van der Waals surface area contributed by atoms with Gasteiger partial charge >= 0.3 is 0 Å². The molecule has 0 spiro atoms. The van der Waals surface area contributed by atoms with Crippen LogP contribution in [0.1, 0.15) is 31.9 Å². The fraction of sp³-hybridized carbons (Fsp3) is 0.353. The van der Waals surface area contributed by atoms with E-state index < -0.39 is 0 Å². The van der Waals surface area contributed by atoms with E-state index in [-0.39, 0.29) is 0 Å². The highest BCUT2D eigenvalue weighted by molar-refractivity contribution is 5.81. The molecule has 104 valence electrons. The molecule has 3 nitrogen and oxygen atoms in total. The summed E-state index contributed by atoms with van der Waals surface area (Å²) in [5.74, 6) is 0.857. The summed E-state index contributed by atoms with van der Waals surface area (Å²) in [5.41, 5.74) is 4.53. The molecule has 0 saturated carbocycles. The van der Waals surface area contributed by atoms with Crippen LogP contribution < -0.4 is 4.74 Å². The normalized spacial score (nSPS) is 11.3. The molecule has 0 aliphatic rings. The Labute approximate surface area is 119 Å². The summed E-state index contributed by atoms with van der Waals surface area (Å²) >= 11 is 0. The summed E-state index contributed by atoms with van der Waals surface area (Å²) < 4.78 is 7.53. The third kappa shape index (κ3) is 2.24. The molecule has 2 aromatic heterocycles. The summed E-state index contributed by atoms with van der Waals surface area (Å²) in [6, 6.07) is 10.3. The lowest BCUT2D eigenvalue weighted by molar-refractivity contribution is 0.415. The van der Waals surface area contributed by atoms with Crippen LogP contribution in [0.4, 0.5) is 0 Å². The number of hydrogen-bond acceptors (Lipinski definition) is 2. The average molecular weight is 268 g/mol. The number of benzene rings is 1. The van der Waals surface area contributed by atoms with Crippen LogP contribution in [0.25, 0.3) is 16.6 Å². The van der Waals surface area contributed by atoms with E-state index in [0.717, 1.165) is 23.2 Å². The van der Waals surface area contributed by atoms with Gasteiger partial charge in [0.2, 0.25) is 0 Å². The van der Waals surface area contributed by atoms with Gasteiger partial charge in [0.25, 0.3) is 0 Å². The van der Waals surface area contributed by atoms with E-state index in [4.69, 9.17) is 9.72 Å². The molecule has 2 heterocycles. The van der Waals surface area contributed by atoms with Crippen LogP contribution in [0.3, 0.4) is 0 Å². The van der Waals surface area contributed by atoms with E-state index >= 15 is 0 Å². The first-order valence-corrected chi connectivity index (χ1v) is 7.27. The van der Waals surface area contributed by atoms with Crippen molar-refractivity contribution in [3.8, 4) is 5.75 Å². The molecule has 0 unspecified atom stereocenters. The van der Waals surface area contributed by atoms with Gasteiger partial charge in [-0.15, -0.1) is 0 Å². The predicted octanol–water partition coefficient (Wildman–Crippen LogP) is 4.23. The van der Waals surface area contributed by atoms with Crippen molar-refractivity contribution >= 4 is 16.6 Å². The SMILES string of the molecule is CCCCCc1nc2cc(OC)ccc2n2cccc12. The zero-order chi connectivity index (χ0) is 13.9. The second-order valence-corrected chi connectivity index (χ2v) is 5.13. The number of aryl methyl sites for hydroxylation is 1. The van der Waals surface area contributed by atoms with Gasteiger partial charge in [-0.05, 0) is 37.1 Å². The van der Waals surface area contributed by atoms with Crippen molar-refractivity contribution in [1.29, 1.82) is 0 Å². The van der Waals surface area contributed by atoms with Gasteiger partial charge < -0.3 is 9.14 Å². The minimum atomic E-state index is 0.857. The molecule has 0 N–H and O–H groups in total. The van der Waals surface area contributed by atoms with E-state index in [2.05, 4.69) is 35.7 Å². The molecule has 20 heavy (non-hydrogen) atoms. The van der Waals surface area contributed by atoms with Gasteiger partial charge in [0, 0.05) is 12.3 Å². The molecule has 3 heteroatoms. The van der Waals surface area contributed by atoms with Crippen LogP contribution in [0.15, 0.2) is 36.5 Å². The monoisotopic (exact) mass is 268 g/mol. The van der Waals surface area contributed by atoms with Crippen LogP contribution in [-0.2, 0) is 6.42 Å². The maximum absolute atomic E-state index is 5.30. The van der Waals surface area contributed by atoms with Crippen molar-refractivity contribution in [3.05, 3.63) is 42.2 Å². The Morgan fingerprint density at radius 2 is 2.05 bits per heavy atom. The lowest BCUT2D eigenvalue weighted by Crippen LogP contribution is -1.98.